The fourth-order valence-corrected chi connectivity index (χ4v) is 5.33. The van der Waals surface area contributed by atoms with Gasteiger partial charge < -0.3 is 10.1 Å². The quantitative estimate of drug-likeness (QED) is 0.149. The molecule has 0 aromatic heterocycles. The highest BCUT2D eigenvalue weighted by molar-refractivity contribution is 7.89. The van der Waals surface area contributed by atoms with E-state index >= 15 is 0 Å². The van der Waals surface area contributed by atoms with Crippen LogP contribution in [0.3, 0.4) is 0 Å². The lowest BCUT2D eigenvalue weighted by Gasteiger charge is -2.23. The summed E-state index contributed by atoms with van der Waals surface area (Å²) in [6, 6.07) is 8.35. The molecule has 0 saturated heterocycles. The Hall–Kier alpha value is -5.36. The first-order chi connectivity index (χ1) is 20.7. The largest absolute Gasteiger partial charge is 0.464 e. The topological polar surface area (TPSA) is 231 Å². The summed E-state index contributed by atoms with van der Waals surface area (Å²) in [5, 5.41) is 36.1. The lowest BCUT2D eigenvalue weighted by molar-refractivity contribution is -0.396. The number of amides is 1. The third kappa shape index (κ3) is 8.58. The summed E-state index contributed by atoms with van der Waals surface area (Å²) in [6.07, 6.45) is -0.633. The van der Waals surface area contributed by atoms with Crippen molar-refractivity contribution in [3.05, 3.63) is 114 Å². The van der Waals surface area contributed by atoms with Crippen molar-refractivity contribution in [2.45, 2.75) is 36.7 Å². The zero-order chi connectivity index (χ0) is 32.6. The van der Waals surface area contributed by atoms with Gasteiger partial charge in [-0.1, -0.05) is 24.3 Å². The van der Waals surface area contributed by atoms with Gasteiger partial charge in [-0.3, -0.25) is 35.1 Å². The third-order valence-electron chi connectivity index (χ3n) is 6.08. The molecule has 3 rings (SSSR count). The number of benzene rings is 3. The highest BCUT2D eigenvalue weighted by Gasteiger charge is 2.34. The molecule has 2 atom stereocenters. The third-order valence-corrected chi connectivity index (χ3v) is 7.60. The van der Waals surface area contributed by atoms with E-state index in [0.717, 1.165) is 30.3 Å². The summed E-state index contributed by atoms with van der Waals surface area (Å²) in [4.78, 5) is 56.2. The molecule has 0 aliphatic heterocycles. The highest BCUT2D eigenvalue weighted by Crippen LogP contribution is 2.28. The van der Waals surface area contributed by atoms with Gasteiger partial charge in [0.2, 0.25) is 15.9 Å². The minimum absolute atomic E-state index is 0.0721. The molecule has 1 amide bonds. The van der Waals surface area contributed by atoms with Crippen molar-refractivity contribution in [3.8, 4) is 0 Å². The van der Waals surface area contributed by atoms with Crippen LogP contribution in [0.5, 0.6) is 0 Å². The van der Waals surface area contributed by atoms with Crippen LogP contribution in [-0.4, -0.2) is 53.8 Å². The molecule has 2 N–H and O–H groups in total. The molecule has 0 fully saturated rings. The van der Waals surface area contributed by atoms with E-state index in [1.54, 1.807) is 0 Å². The number of hydrogen-bond acceptors (Lipinski definition) is 11. The van der Waals surface area contributed by atoms with E-state index in [2.05, 4.69) is 5.32 Å². The van der Waals surface area contributed by atoms with Gasteiger partial charge in [-0.2, -0.15) is 4.72 Å². The SMILES string of the molecule is CCOC(=O)[C@H](Cc1ccc(F)cc1)NC(=O)[C@H](Cc1ccc([N+](=O)[O-])cc1)NS(=O)(=O)c1ccc([N+](=O)[O-])cc1[N+](=O)[O-]. The van der Waals surface area contributed by atoms with Gasteiger partial charge in [0.1, 0.15) is 17.9 Å². The summed E-state index contributed by atoms with van der Waals surface area (Å²) in [5.41, 5.74) is -1.55. The molecule has 18 heteroatoms. The monoisotopic (exact) mass is 633 g/mol. The van der Waals surface area contributed by atoms with Gasteiger partial charge in [0.05, 0.1) is 27.4 Å². The second kappa shape index (κ2) is 14.2. The molecular formula is C26H24FN5O11S. The van der Waals surface area contributed by atoms with Crippen molar-refractivity contribution in [3.63, 3.8) is 0 Å². The number of halogens is 1. The maximum Gasteiger partial charge on any atom is 0.328 e. The maximum absolute atomic E-state index is 13.5. The van der Waals surface area contributed by atoms with Crippen LogP contribution in [0.4, 0.5) is 21.5 Å². The van der Waals surface area contributed by atoms with E-state index in [1.165, 1.54) is 31.2 Å². The Morgan fingerprint density at radius 3 is 1.86 bits per heavy atom. The number of nitro groups is 3. The Kier molecular flexibility index (Phi) is 10.7. The summed E-state index contributed by atoms with van der Waals surface area (Å²) in [7, 11) is -4.94. The first kappa shape index (κ1) is 33.1. The van der Waals surface area contributed by atoms with Crippen LogP contribution in [0.2, 0.25) is 0 Å². The summed E-state index contributed by atoms with van der Waals surface area (Å²) < 4.78 is 47.1. The van der Waals surface area contributed by atoms with Crippen molar-refractivity contribution in [1.29, 1.82) is 0 Å². The minimum atomic E-state index is -4.94. The standard InChI is InChI=1S/C26H24FN5O11S/c1-2-43-26(34)22(14-16-3-7-18(27)8-4-16)28-25(33)21(13-17-5-9-19(10-6-17)30(35)36)29-44(41,42)24-12-11-20(31(37)38)15-23(24)32(39)40/h3-12,15,21-22,29H,2,13-14H2,1H3,(H,28,33)/t21-,22-/m0/s1. The van der Waals surface area contributed by atoms with E-state index in [0.29, 0.717) is 17.7 Å². The molecule has 16 nitrogen and oxygen atoms in total. The Balaban J connectivity index is 2.00. The zero-order valence-corrected chi connectivity index (χ0v) is 23.6. The van der Waals surface area contributed by atoms with Gasteiger partial charge in [-0.05, 0) is 42.7 Å². The number of esters is 1. The smallest absolute Gasteiger partial charge is 0.328 e. The summed E-state index contributed by atoms with van der Waals surface area (Å²) >= 11 is 0. The average molecular weight is 634 g/mol. The number of nitrogens with zero attached hydrogens (tertiary/aromatic N) is 3. The number of nitrogens with one attached hydrogen (secondary N) is 2. The highest BCUT2D eigenvalue weighted by atomic mass is 32.2. The Morgan fingerprint density at radius 2 is 1.34 bits per heavy atom. The number of hydrogen-bond donors (Lipinski definition) is 2. The lowest BCUT2D eigenvalue weighted by atomic mass is 10.0. The van der Waals surface area contributed by atoms with Gasteiger partial charge >= 0.3 is 5.97 Å². The first-order valence-electron chi connectivity index (χ1n) is 12.6. The number of nitro benzene ring substituents is 3. The average Bonchev–Trinajstić information content (AvgIpc) is 2.97. The molecule has 0 aliphatic rings. The predicted octanol–water partition coefficient (Wildman–Crippen LogP) is 2.73. The minimum Gasteiger partial charge on any atom is -0.464 e. The Labute approximate surface area is 248 Å². The van der Waals surface area contributed by atoms with Crippen molar-refractivity contribution in [1.82, 2.24) is 10.0 Å². The van der Waals surface area contributed by atoms with Gasteiger partial charge in [0, 0.05) is 24.6 Å². The molecule has 0 bridgehead atoms. The lowest BCUT2D eigenvalue weighted by Crippen LogP contribution is -2.53. The van der Waals surface area contributed by atoms with E-state index in [4.69, 9.17) is 4.74 Å². The van der Waals surface area contributed by atoms with Crippen LogP contribution in [0.15, 0.2) is 71.6 Å². The molecular weight excluding hydrogens is 609 g/mol. The van der Waals surface area contributed by atoms with E-state index in [-0.39, 0.29) is 24.3 Å². The van der Waals surface area contributed by atoms with Crippen LogP contribution < -0.4 is 10.0 Å². The van der Waals surface area contributed by atoms with Crippen LogP contribution >= 0.6 is 0 Å². The Bertz CT molecular complexity index is 1680. The zero-order valence-electron chi connectivity index (χ0n) is 22.7. The van der Waals surface area contributed by atoms with E-state index in [1.807, 2.05) is 4.72 Å². The van der Waals surface area contributed by atoms with Gasteiger partial charge in [0.25, 0.3) is 17.1 Å². The van der Waals surface area contributed by atoms with Gasteiger partial charge in [0.15, 0.2) is 4.90 Å². The van der Waals surface area contributed by atoms with Gasteiger partial charge in [-0.25, -0.2) is 17.6 Å². The fourth-order valence-electron chi connectivity index (χ4n) is 3.98. The molecule has 3 aromatic rings. The number of rotatable bonds is 14. The number of carbonyl (C=O) groups is 2. The van der Waals surface area contributed by atoms with Crippen LogP contribution in [-0.2, 0) is 37.2 Å². The maximum atomic E-state index is 13.5. The van der Waals surface area contributed by atoms with E-state index in [9.17, 15) is 52.7 Å². The number of sulfonamides is 1. The van der Waals surface area contributed by atoms with Crippen molar-refractivity contribution in [2.24, 2.45) is 0 Å². The van der Waals surface area contributed by atoms with Crippen molar-refractivity contribution in [2.75, 3.05) is 6.61 Å². The number of carbonyl (C=O) groups excluding carboxylic acids is 2. The molecule has 0 spiro atoms. The first-order valence-corrected chi connectivity index (χ1v) is 14.1. The molecule has 0 saturated carbocycles. The Morgan fingerprint density at radius 1 is 0.818 bits per heavy atom. The van der Waals surface area contributed by atoms with E-state index < -0.39 is 77.3 Å². The van der Waals surface area contributed by atoms with Crippen molar-refractivity contribution >= 4 is 39.0 Å². The number of non-ortho nitro benzene ring substituents is 2. The van der Waals surface area contributed by atoms with Crippen LogP contribution in [0.25, 0.3) is 0 Å². The van der Waals surface area contributed by atoms with Crippen LogP contribution in [0.1, 0.15) is 18.1 Å². The summed E-state index contributed by atoms with van der Waals surface area (Å²) in [6.45, 7) is 1.44. The molecule has 232 valence electrons. The number of ether oxygens (including phenoxy) is 1. The molecule has 0 unspecified atom stereocenters. The molecule has 44 heavy (non-hydrogen) atoms. The molecule has 0 heterocycles. The second-order valence-electron chi connectivity index (χ2n) is 9.11. The predicted molar refractivity (Wildman–Crippen MR) is 149 cm³/mol. The van der Waals surface area contributed by atoms with Crippen molar-refractivity contribution < 1.29 is 41.9 Å². The molecule has 0 aliphatic carbocycles. The summed E-state index contributed by atoms with van der Waals surface area (Å²) in [5.74, 6) is -2.53. The molecule has 3 aromatic carbocycles. The fraction of sp³-hybridized carbons (Fsp3) is 0.231. The van der Waals surface area contributed by atoms with Gasteiger partial charge in [-0.15, -0.1) is 0 Å². The second-order valence-corrected chi connectivity index (χ2v) is 10.8. The van der Waals surface area contributed by atoms with Crippen LogP contribution in [0, 0.1) is 36.2 Å². The normalized spacial score (nSPS) is 12.5. The molecule has 0 radical (unpaired) electrons.